The number of hydrogen-bond donors (Lipinski definition) is 2. The van der Waals surface area contributed by atoms with E-state index in [2.05, 4.69) is 10.3 Å². The van der Waals surface area contributed by atoms with E-state index >= 15 is 0 Å². The highest BCUT2D eigenvalue weighted by Gasteiger charge is 2.40. The normalized spacial score (nSPS) is 20.1. The summed E-state index contributed by atoms with van der Waals surface area (Å²) in [5, 5.41) is 2.66. The molecule has 1 aromatic heterocycles. The van der Waals surface area contributed by atoms with Crippen molar-refractivity contribution in [2.45, 2.75) is 37.8 Å². The molecule has 0 spiro atoms. The molecule has 3 aliphatic heterocycles. The standard InChI is InChI=1S/C25H25N5O5/c31-22(29-9-7-16(8-10-29)23-26-17-3-1-2-4-18(17)27-23)12-19-24(32)30(25(33)28-19)13-15-5-6-20-21(11-15)35-14-34-20/h1-6,11,16,19H,7-10,12-14H2,(H,26,27)(H,28,33). The molecule has 0 saturated carbocycles. The van der Waals surface area contributed by atoms with Crippen LogP contribution in [0.1, 0.15) is 36.6 Å². The molecule has 2 aromatic carbocycles. The van der Waals surface area contributed by atoms with Gasteiger partial charge in [0.15, 0.2) is 11.5 Å². The number of carbonyl (C=O) groups is 3. The van der Waals surface area contributed by atoms with Gasteiger partial charge in [0.25, 0.3) is 5.91 Å². The smallest absolute Gasteiger partial charge is 0.325 e. The number of imidazole rings is 1. The largest absolute Gasteiger partial charge is 0.454 e. The molecule has 4 amide bonds. The molecule has 1 unspecified atom stereocenters. The number of aromatic nitrogens is 2. The zero-order valence-electron chi connectivity index (χ0n) is 19.0. The highest BCUT2D eigenvalue weighted by atomic mass is 16.7. The van der Waals surface area contributed by atoms with Crippen LogP contribution in [0.15, 0.2) is 42.5 Å². The van der Waals surface area contributed by atoms with E-state index in [1.54, 1.807) is 23.1 Å². The van der Waals surface area contributed by atoms with Gasteiger partial charge in [-0.2, -0.15) is 0 Å². The molecular weight excluding hydrogens is 450 g/mol. The molecule has 0 radical (unpaired) electrons. The van der Waals surface area contributed by atoms with E-state index < -0.39 is 18.0 Å². The molecule has 2 saturated heterocycles. The maximum Gasteiger partial charge on any atom is 0.325 e. The SMILES string of the molecule is O=C(CC1NC(=O)N(Cc2ccc3c(c2)OCO3)C1=O)N1CCC(c2nc3ccccc3[nH]2)CC1. The molecule has 6 rings (SSSR count). The third kappa shape index (κ3) is 4.05. The van der Waals surface area contributed by atoms with Crippen molar-refractivity contribution >= 4 is 28.9 Å². The Morgan fingerprint density at radius 3 is 2.69 bits per heavy atom. The predicted molar refractivity (Wildman–Crippen MR) is 125 cm³/mol. The van der Waals surface area contributed by atoms with Crippen LogP contribution in [-0.2, 0) is 16.1 Å². The van der Waals surface area contributed by atoms with Crippen molar-refractivity contribution in [2.24, 2.45) is 0 Å². The molecule has 1 atom stereocenters. The van der Waals surface area contributed by atoms with Gasteiger partial charge in [0.2, 0.25) is 12.7 Å². The number of amides is 4. The van der Waals surface area contributed by atoms with Crippen molar-refractivity contribution in [3.63, 3.8) is 0 Å². The quantitative estimate of drug-likeness (QED) is 0.548. The number of nitrogens with zero attached hydrogens (tertiary/aromatic N) is 3. The van der Waals surface area contributed by atoms with E-state index in [4.69, 9.17) is 14.5 Å². The lowest BCUT2D eigenvalue weighted by Gasteiger charge is -2.31. The maximum atomic E-state index is 12.9. The Labute approximate surface area is 201 Å². The number of nitrogens with one attached hydrogen (secondary N) is 2. The van der Waals surface area contributed by atoms with Gasteiger partial charge in [-0.1, -0.05) is 18.2 Å². The Kier molecular flexibility index (Phi) is 5.28. The first-order valence-electron chi connectivity index (χ1n) is 11.8. The van der Waals surface area contributed by atoms with Crippen LogP contribution in [0.4, 0.5) is 4.79 Å². The molecule has 180 valence electrons. The van der Waals surface area contributed by atoms with Gasteiger partial charge in [0, 0.05) is 19.0 Å². The Morgan fingerprint density at radius 2 is 1.86 bits per heavy atom. The number of piperidine rings is 1. The number of imide groups is 1. The summed E-state index contributed by atoms with van der Waals surface area (Å²) in [7, 11) is 0. The monoisotopic (exact) mass is 475 g/mol. The zero-order valence-corrected chi connectivity index (χ0v) is 19.0. The van der Waals surface area contributed by atoms with Crippen LogP contribution < -0.4 is 14.8 Å². The van der Waals surface area contributed by atoms with Crippen LogP contribution in [0, 0.1) is 0 Å². The lowest BCUT2D eigenvalue weighted by molar-refractivity contribution is -0.136. The lowest BCUT2D eigenvalue weighted by Crippen LogP contribution is -2.42. The third-order valence-corrected chi connectivity index (χ3v) is 6.91. The third-order valence-electron chi connectivity index (χ3n) is 6.91. The number of benzene rings is 2. The van der Waals surface area contributed by atoms with Crippen molar-refractivity contribution in [1.82, 2.24) is 25.1 Å². The van der Waals surface area contributed by atoms with Crippen molar-refractivity contribution in [3.05, 3.63) is 53.9 Å². The molecule has 0 aliphatic carbocycles. The van der Waals surface area contributed by atoms with Gasteiger partial charge in [-0.3, -0.25) is 14.5 Å². The number of aromatic amines is 1. The number of fused-ring (bicyclic) bond motifs is 2. The number of likely N-dealkylation sites (tertiary alicyclic amines) is 1. The molecule has 35 heavy (non-hydrogen) atoms. The van der Waals surface area contributed by atoms with Crippen molar-refractivity contribution in [1.29, 1.82) is 0 Å². The van der Waals surface area contributed by atoms with Crippen LogP contribution in [-0.4, -0.2) is 63.5 Å². The van der Waals surface area contributed by atoms with E-state index in [0.717, 1.165) is 40.2 Å². The van der Waals surface area contributed by atoms with Gasteiger partial charge < -0.3 is 24.7 Å². The minimum absolute atomic E-state index is 0.0441. The summed E-state index contributed by atoms with van der Waals surface area (Å²) in [6.07, 6.45) is 1.55. The van der Waals surface area contributed by atoms with Crippen LogP contribution in [0.5, 0.6) is 11.5 Å². The van der Waals surface area contributed by atoms with E-state index in [1.807, 2.05) is 24.3 Å². The second kappa shape index (κ2) is 8.61. The fraction of sp³-hybridized carbons (Fsp3) is 0.360. The van der Waals surface area contributed by atoms with Crippen LogP contribution in [0.2, 0.25) is 0 Å². The molecule has 4 heterocycles. The van der Waals surface area contributed by atoms with Gasteiger partial charge in [-0.05, 0) is 42.7 Å². The summed E-state index contributed by atoms with van der Waals surface area (Å²) in [6.45, 7) is 1.45. The van der Waals surface area contributed by atoms with E-state index in [1.165, 1.54) is 0 Å². The van der Waals surface area contributed by atoms with Gasteiger partial charge in [-0.15, -0.1) is 0 Å². The zero-order chi connectivity index (χ0) is 23.9. The minimum Gasteiger partial charge on any atom is -0.454 e. The second-order valence-electron chi connectivity index (χ2n) is 9.11. The first kappa shape index (κ1) is 21.5. The van der Waals surface area contributed by atoms with Gasteiger partial charge in [0.05, 0.1) is 24.0 Å². The number of carbonyl (C=O) groups excluding carboxylic acids is 3. The number of H-pyrrole nitrogens is 1. The number of para-hydroxylation sites is 2. The fourth-order valence-electron chi connectivity index (χ4n) is 4.96. The Bertz CT molecular complexity index is 1280. The minimum atomic E-state index is -0.850. The summed E-state index contributed by atoms with van der Waals surface area (Å²) >= 11 is 0. The van der Waals surface area contributed by atoms with Gasteiger partial charge >= 0.3 is 6.03 Å². The number of urea groups is 1. The fourth-order valence-corrected chi connectivity index (χ4v) is 4.96. The number of ether oxygens (including phenoxy) is 2. The average molecular weight is 476 g/mol. The number of hydrogen-bond acceptors (Lipinski definition) is 6. The molecule has 3 aliphatic rings. The van der Waals surface area contributed by atoms with Gasteiger partial charge in [-0.25, -0.2) is 9.78 Å². The summed E-state index contributed by atoms with van der Waals surface area (Å²) in [6, 6.07) is 11.9. The Hall–Kier alpha value is -4.08. The average Bonchev–Trinajstić information content (AvgIpc) is 3.58. The van der Waals surface area contributed by atoms with Crippen molar-refractivity contribution in [3.8, 4) is 11.5 Å². The van der Waals surface area contributed by atoms with Crippen LogP contribution >= 0.6 is 0 Å². The van der Waals surface area contributed by atoms with Gasteiger partial charge in [0.1, 0.15) is 11.9 Å². The maximum absolute atomic E-state index is 12.9. The molecule has 2 fully saturated rings. The summed E-state index contributed by atoms with van der Waals surface area (Å²) in [5.41, 5.74) is 2.71. The summed E-state index contributed by atoms with van der Waals surface area (Å²) < 4.78 is 10.7. The highest BCUT2D eigenvalue weighted by Crippen LogP contribution is 2.33. The molecule has 10 heteroatoms. The van der Waals surface area contributed by atoms with Crippen LogP contribution in [0.3, 0.4) is 0 Å². The summed E-state index contributed by atoms with van der Waals surface area (Å²) in [5.74, 6) is 1.92. The van der Waals surface area contributed by atoms with Crippen molar-refractivity contribution < 1.29 is 23.9 Å². The Morgan fingerprint density at radius 1 is 1.06 bits per heavy atom. The first-order valence-corrected chi connectivity index (χ1v) is 11.8. The van der Waals surface area contributed by atoms with E-state index in [9.17, 15) is 14.4 Å². The Balaban J connectivity index is 1.04. The lowest BCUT2D eigenvalue weighted by atomic mass is 9.95. The predicted octanol–water partition coefficient (Wildman–Crippen LogP) is 2.51. The summed E-state index contributed by atoms with van der Waals surface area (Å²) in [4.78, 5) is 49.3. The van der Waals surface area contributed by atoms with E-state index in [-0.39, 0.29) is 31.6 Å². The van der Waals surface area contributed by atoms with Crippen molar-refractivity contribution in [2.75, 3.05) is 19.9 Å². The first-order chi connectivity index (χ1) is 17.0. The van der Waals surface area contributed by atoms with Crippen LogP contribution in [0.25, 0.3) is 11.0 Å². The molecule has 2 N–H and O–H groups in total. The second-order valence-corrected chi connectivity index (χ2v) is 9.11. The molecular formula is C25H25N5O5. The molecule has 0 bridgehead atoms. The number of rotatable bonds is 5. The molecule has 10 nitrogen and oxygen atoms in total. The highest BCUT2D eigenvalue weighted by molar-refractivity contribution is 6.05. The van der Waals surface area contributed by atoms with E-state index in [0.29, 0.717) is 24.6 Å². The molecule has 3 aromatic rings. The topological polar surface area (TPSA) is 117 Å².